The van der Waals surface area contributed by atoms with E-state index in [0.29, 0.717) is 0 Å². The molecule has 3 nitrogen and oxygen atoms in total. The van der Waals surface area contributed by atoms with Crippen LogP contribution in [0, 0.1) is 29.1 Å². The summed E-state index contributed by atoms with van der Waals surface area (Å²) in [5.74, 6) is -12.7. The fourth-order valence-corrected chi connectivity index (χ4v) is 1.72. The number of hydrogen-bond acceptors (Lipinski definition) is 2. The Balaban J connectivity index is 3.71. The van der Waals surface area contributed by atoms with Crippen LogP contribution < -0.4 is 5.73 Å². The molecule has 0 fully saturated rings. The molecule has 0 amide bonds. The van der Waals surface area contributed by atoms with Crippen LogP contribution in [0.3, 0.4) is 0 Å². The maximum absolute atomic E-state index is 13.6. The monoisotopic (exact) mass is 283 g/mol. The Morgan fingerprint density at radius 2 is 1.42 bits per heavy atom. The topological polar surface area (TPSA) is 63.3 Å². The first-order valence-electron chi connectivity index (χ1n) is 5.13. The minimum atomic E-state index is -2.33. The van der Waals surface area contributed by atoms with Gasteiger partial charge in [0, 0.05) is 5.56 Å². The lowest BCUT2D eigenvalue weighted by atomic mass is 9.78. The van der Waals surface area contributed by atoms with E-state index in [1.807, 2.05) is 0 Å². The lowest BCUT2D eigenvalue weighted by molar-refractivity contribution is -0.143. The minimum absolute atomic E-state index is 0.303. The Kier molecular flexibility index (Phi) is 4.14. The minimum Gasteiger partial charge on any atom is -0.481 e. The van der Waals surface area contributed by atoms with Gasteiger partial charge in [-0.05, 0) is 19.9 Å². The predicted molar refractivity (Wildman–Crippen MR) is 54.9 cm³/mol. The van der Waals surface area contributed by atoms with Crippen LogP contribution in [0.1, 0.15) is 18.9 Å². The van der Waals surface area contributed by atoms with Crippen LogP contribution in [0.5, 0.6) is 0 Å². The third kappa shape index (κ3) is 2.27. The Bertz CT molecular complexity index is 505. The summed E-state index contributed by atoms with van der Waals surface area (Å²) >= 11 is 0. The van der Waals surface area contributed by atoms with Crippen molar-refractivity contribution in [2.75, 3.05) is 6.54 Å². The van der Waals surface area contributed by atoms with Gasteiger partial charge in [0.05, 0.1) is 5.41 Å². The maximum atomic E-state index is 13.6. The number of nitrogens with two attached hydrogens (primary N) is 1. The first-order chi connectivity index (χ1) is 8.68. The molecule has 8 heteroatoms. The lowest BCUT2D eigenvalue weighted by Gasteiger charge is -2.26. The van der Waals surface area contributed by atoms with Gasteiger partial charge in [0.1, 0.15) is 0 Å². The van der Waals surface area contributed by atoms with E-state index in [9.17, 15) is 26.7 Å². The molecule has 0 aliphatic heterocycles. The standard InChI is InChI=1S/C11H10F5NO2/c1-11(2-3-17,10(18)19)4-5(12)7(14)9(16)8(15)6(4)13/h2-3,17H2,1H3,(H,18,19). The zero-order valence-corrected chi connectivity index (χ0v) is 9.74. The summed E-state index contributed by atoms with van der Waals surface area (Å²) in [5, 5.41) is 8.99. The van der Waals surface area contributed by atoms with Crippen LogP contribution in [-0.2, 0) is 10.2 Å². The van der Waals surface area contributed by atoms with E-state index in [0.717, 1.165) is 6.92 Å². The molecular formula is C11H10F5NO2. The van der Waals surface area contributed by atoms with E-state index >= 15 is 0 Å². The van der Waals surface area contributed by atoms with Crippen molar-refractivity contribution in [3.8, 4) is 0 Å². The SMILES string of the molecule is CC(CCN)(C(=O)O)c1c(F)c(F)c(F)c(F)c1F. The van der Waals surface area contributed by atoms with Gasteiger partial charge in [0.2, 0.25) is 5.82 Å². The number of aliphatic carboxylic acids is 1. The summed E-state index contributed by atoms with van der Waals surface area (Å²) in [5.41, 5.74) is 1.43. The second kappa shape index (κ2) is 5.12. The van der Waals surface area contributed by atoms with Crippen molar-refractivity contribution in [3.63, 3.8) is 0 Å². The number of hydrogen-bond donors (Lipinski definition) is 2. The predicted octanol–water partition coefficient (Wildman–Crippen LogP) is 2.07. The van der Waals surface area contributed by atoms with E-state index in [1.165, 1.54) is 0 Å². The van der Waals surface area contributed by atoms with Gasteiger partial charge in [-0.3, -0.25) is 4.79 Å². The van der Waals surface area contributed by atoms with Crippen LogP contribution in [0.2, 0.25) is 0 Å². The Morgan fingerprint density at radius 1 is 1.05 bits per heavy atom. The lowest BCUT2D eigenvalue weighted by Crippen LogP contribution is -2.37. The molecule has 0 spiro atoms. The van der Waals surface area contributed by atoms with E-state index in [1.54, 1.807) is 0 Å². The van der Waals surface area contributed by atoms with Crippen LogP contribution in [-0.4, -0.2) is 17.6 Å². The molecule has 0 aromatic heterocycles. The van der Waals surface area contributed by atoms with E-state index < -0.39 is 52.5 Å². The summed E-state index contributed by atoms with van der Waals surface area (Å²) in [6, 6.07) is 0. The van der Waals surface area contributed by atoms with Gasteiger partial charge >= 0.3 is 5.97 Å². The second-order valence-electron chi connectivity index (χ2n) is 4.12. The van der Waals surface area contributed by atoms with Gasteiger partial charge in [-0.2, -0.15) is 0 Å². The maximum Gasteiger partial charge on any atom is 0.314 e. The van der Waals surface area contributed by atoms with E-state index in [4.69, 9.17) is 10.8 Å². The van der Waals surface area contributed by atoms with Gasteiger partial charge in [-0.15, -0.1) is 0 Å². The van der Waals surface area contributed by atoms with Gasteiger partial charge in [0.15, 0.2) is 23.3 Å². The van der Waals surface area contributed by atoms with E-state index in [2.05, 4.69) is 0 Å². The zero-order valence-electron chi connectivity index (χ0n) is 9.74. The average Bonchev–Trinajstić information content (AvgIpc) is 2.34. The first kappa shape index (κ1) is 15.4. The Morgan fingerprint density at radius 3 is 1.74 bits per heavy atom. The van der Waals surface area contributed by atoms with Crippen molar-refractivity contribution in [1.29, 1.82) is 0 Å². The molecule has 0 heterocycles. The molecule has 1 unspecified atom stereocenters. The highest BCUT2D eigenvalue weighted by Crippen LogP contribution is 2.35. The van der Waals surface area contributed by atoms with Gasteiger partial charge in [-0.1, -0.05) is 0 Å². The molecule has 3 N–H and O–H groups in total. The van der Waals surface area contributed by atoms with Crippen LogP contribution >= 0.6 is 0 Å². The molecule has 1 rings (SSSR count). The molecule has 1 atom stereocenters. The summed E-state index contributed by atoms with van der Waals surface area (Å²) in [4.78, 5) is 11.1. The third-order valence-corrected chi connectivity index (χ3v) is 2.88. The number of halogens is 5. The normalized spacial score (nSPS) is 14.3. The zero-order chi connectivity index (χ0) is 15.0. The second-order valence-corrected chi connectivity index (χ2v) is 4.12. The summed E-state index contributed by atoms with van der Waals surface area (Å²) < 4.78 is 66.1. The molecule has 1 aromatic rings. The highest BCUT2D eigenvalue weighted by atomic mass is 19.2. The molecule has 0 radical (unpaired) electrons. The van der Waals surface area contributed by atoms with Crippen molar-refractivity contribution in [3.05, 3.63) is 34.6 Å². The average molecular weight is 283 g/mol. The summed E-state index contributed by atoms with van der Waals surface area (Å²) in [6.45, 7) is 0.544. The third-order valence-electron chi connectivity index (χ3n) is 2.88. The van der Waals surface area contributed by atoms with Crippen molar-refractivity contribution in [2.24, 2.45) is 5.73 Å². The molecule has 106 valence electrons. The smallest absolute Gasteiger partial charge is 0.314 e. The van der Waals surface area contributed by atoms with E-state index in [-0.39, 0.29) is 6.54 Å². The number of rotatable bonds is 4. The number of carboxylic acid groups (broad SMARTS) is 1. The summed E-state index contributed by atoms with van der Waals surface area (Å²) in [6.07, 6.45) is -0.485. The van der Waals surface area contributed by atoms with Crippen molar-refractivity contribution >= 4 is 5.97 Å². The number of benzene rings is 1. The van der Waals surface area contributed by atoms with Gasteiger partial charge in [0.25, 0.3) is 0 Å². The van der Waals surface area contributed by atoms with Gasteiger partial charge in [-0.25, -0.2) is 22.0 Å². The van der Waals surface area contributed by atoms with Crippen LogP contribution in [0.4, 0.5) is 22.0 Å². The van der Waals surface area contributed by atoms with Gasteiger partial charge < -0.3 is 10.8 Å². The largest absolute Gasteiger partial charge is 0.481 e. The molecular weight excluding hydrogens is 273 g/mol. The highest BCUT2D eigenvalue weighted by Gasteiger charge is 2.43. The fraction of sp³-hybridized carbons (Fsp3) is 0.364. The van der Waals surface area contributed by atoms with Crippen molar-refractivity contribution in [2.45, 2.75) is 18.8 Å². The number of carbonyl (C=O) groups is 1. The van der Waals surface area contributed by atoms with Crippen LogP contribution in [0.15, 0.2) is 0 Å². The number of carboxylic acids is 1. The quantitative estimate of drug-likeness (QED) is 0.505. The van der Waals surface area contributed by atoms with Crippen molar-refractivity contribution in [1.82, 2.24) is 0 Å². The van der Waals surface area contributed by atoms with Crippen molar-refractivity contribution < 1.29 is 31.9 Å². The molecule has 0 aliphatic carbocycles. The van der Waals surface area contributed by atoms with Crippen LogP contribution in [0.25, 0.3) is 0 Å². The molecule has 0 bridgehead atoms. The Hall–Kier alpha value is -1.70. The summed E-state index contributed by atoms with van der Waals surface area (Å²) in [7, 11) is 0. The molecule has 0 saturated carbocycles. The first-order valence-corrected chi connectivity index (χ1v) is 5.13. The Labute approximate surface area is 104 Å². The molecule has 19 heavy (non-hydrogen) atoms. The molecule has 1 aromatic carbocycles. The molecule has 0 aliphatic rings. The fourth-order valence-electron chi connectivity index (χ4n) is 1.72. The highest BCUT2D eigenvalue weighted by molar-refractivity contribution is 5.81. The molecule has 0 saturated heterocycles.